The molecular weight excluding hydrogens is 434 g/mol. The summed E-state index contributed by atoms with van der Waals surface area (Å²) in [6.45, 7) is 4.55. The van der Waals surface area contributed by atoms with E-state index in [0.29, 0.717) is 25.1 Å². The molecule has 2 aliphatic rings. The summed E-state index contributed by atoms with van der Waals surface area (Å²) in [5, 5.41) is 9.07. The molecule has 2 saturated heterocycles. The molecule has 0 saturated carbocycles. The van der Waals surface area contributed by atoms with E-state index < -0.39 is 0 Å². The van der Waals surface area contributed by atoms with Gasteiger partial charge in [-0.15, -0.1) is 5.10 Å². The minimum atomic E-state index is 0.0230. The van der Waals surface area contributed by atoms with E-state index in [1.807, 2.05) is 24.3 Å². The molecule has 9 nitrogen and oxygen atoms in total. The molecule has 0 amide bonds. The molecular formula is C25H29N5O4. The Morgan fingerprint density at radius 1 is 1.21 bits per heavy atom. The number of fused-ring (bicyclic) bond motifs is 2. The fourth-order valence-electron chi connectivity index (χ4n) is 4.95. The van der Waals surface area contributed by atoms with Gasteiger partial charge in [-0.2, -0.15) is 0 Å². The number of benzene rings is 1. The Morgan fingerprint density at radius 2 is 2.18 bits per heavy atom. The Balaban J connectivity index is 1.31. The third-order valence-corrected chi connectivity index (χ3v) is 6.60. The standard InChI is InChI=1S/C25H29N5O4/c1-31-15-17-4-3-10-29(17)20-5-2-6-22-19(20)12-23(34-22)21-14-27-24-7-8-25(28-30(21)24)33-16-18-13-26-9-11-32-18/h2,5-8,12,14,17-18,26H,3-4,9-11,13,15-16H2,1H3. The zero-order chi connectivity index (χ0) is 22.9. The van der Waals surface area contributed by atoms with Crippen LogP contribution >= 0.6 is 0 Å². The van der Waals surface area contributed by atoms with Crippen LogP contribution < -0.4 is 15.0 Å². The highest BCUT2D eigenvalue weighted by Crippen LogP contribution is 2.37. The topological polar surface area (TPSA) is 86.3 Å². The Morgan fingerprint density at radius 3 is 3.06 bits per heavy atom. The highest BCUT2D eigenvalue weighted by molar-refractivity contribution is 5.94. The Labute approximate surface area is 197 Å². The summed E-state index contributed by atoms with van der Waals surface area (Å²) in [6, 6.07) is 12.4. The molecule has 1 aromatic carbocycles. The van der Waals surface area contributed by atoms with Crippen LogP contribution in [0.1, 0.15) is 12.8 Å². The van der Waals surface area contributed by atoms with Crippen molar-refractivity contribution in [1.82, 2.24) is 19.9 Å². The van der Waals surface area contributed by atoms with Crippen molar-refractivity contribution in [2.75, 3.05) is 51.5 Å². The van der Waals surface area contributed by atoms with Gasteiger partial charge in [-0.3, -0.25) is 0 Å². The van der Waals surface area contributed by atoms with Crippen LogP contribution in [0.3, 0.4) is 0 Å². The van der Waals surface area contributed by atoms with E-state index in [1.54, 1.807) is 17.8 Å². The first kappa shape index (κ1) is 21.4. The number of furan rings is 1. The minimum Gasteiger partial charge on any atom is -0.474 e. The second kappa shape index (κ2) is 9.25. The van der Waals surface area contributed by atoms with E-state index in [1.165, 1.54) is 5.69 Å². The zero-order valence-corrected chi connectivity index (χ0v) is 19.3. The molecule has 6 rings (SSSR count). The number of ether oxygens (including phenoxy) is 3. The van der Waals surface area contributed by atoms with Gasteiger partial charge in [0.2, 0.25) is 5.88 Å². The van der Waals surface area contributed by atoms with Crippen LogP contribution in [0.15, 0.2) is 47.0 Å². The van der Waals surface area contributed by atoms with E-state index in [9.17, 15) is 0 Å². The minimum absolute atomic E-state index is 0.0230. The maximum atomic E-state index is 6.28. The highest BCUT2D eigenvalue weighted by atomic mass is 16.5. The summed E-state index contributed by atoms with van der Waals surface area (Å²) < 4.78 is 25.2. The van der Waals surface area contributed by atoms with Gasteiger partial charge >= 0.3 is 0 Å². The molecule has 0 aliphatic carbocycles. The van der Waals surface area contributed by atoms with Crippen LogP contribution in [-0.4, -0.2) is 73.3 Å². The molecule has 4 aromatic rings. The van der Waals surface area contributed by atoms with Crippen molar-refractivity contribution in [2.24, 2.45) is 0 Å². The van der Waals surface area contributed by atoms with Crippen molar-refractivity contribution in [1.29, 1.82) is 0 Å². The molecule has 1 N–H and O–H groups in total. The van der Waals surface area contributed by atoms with Crippen LogP contribution in [0.2, 0.25) is 0 Å². The molecule has 2 atom stereocenters. The largest absolute Gasteiger partial charge is 0.474 e. The van der Waals surface area contributed by atoms with Gasteiger partial charge in [0.05, 0.1) is 25.5 Å². The molecule has 2 fully saturated rings. The zero-order valence-electron chi connectivity index (χ0n) is 19.3. The van der Waals surface area contributed by atoms with E-state index in [0.717, 1.165) is 67.2 Å². The summed E-state index contributed by atoms with van der Waals surface area (Å²) >= 11 is 0. The van der Waals surface area contributed by atoms with E-state index in [2.05, 4.69) is 32.4 Å². The van der Waals surface area contributed by atoms with Gasteiger partial charge in [0.1, 0.15) is 24.0 Å². The number of nitrogens with one attached hydrogen (secondary N) is 1. The number of rotatable bonds is 7. The summed E-state index contributed by atoms with van der Waals surface area (Å²) in [5.74, 6) is 1.25. The fraction of sp³-hybridized carbons (Fsp3) is 0.440. The molecule has 2 aliphatic heterocycles. The van der Waals surface area contributed by atoms with Gasteiger partial charge in [-0.05, 0) is 37.1 Å². The molecule has 2 unspecified atom stereocenters. The van der Waals surface area contributed by atoms with Crippen molar-refractivity contribution < 1.29 is 18.6 Å². The first-order valence-electron chi connectivity index (χ1n) is 11.9. The van der Waals surface area contributed by atoms with Gasteiger partial charge < -0.3 is 28.8 Å². The predicted molar refractivity (Wildman–Crippen MR) is 129 cm³/mol. The molecule has 9 heteroatoms. The highest BCUT2D eigenvalue weighted by Gasteiger charge is 2.27. The second-order valence-corrected chi connectivity index (χ2v) is 8.84. The normalized spacial score (nSPS) is 21.0. The number of hydrogen-bond acceptors (Lipinski definition) is 8. The number of hydrogen-bond donors (Lipinski definition) is 1. The third kappa shape index (κ3) is 4.00. The van der Waals surface area contributed by atoms with E-state index in [4.69, 9.17) is 18.6 Å². The monoisotopic (exact) mass is 463 g/mol. The molecule has 5 heterocycles. The number of methoxy groups -OCH3 is 1. The Kier molecular flexibility index (Phi) is 5.82. The van der Waals surface area contributed by atoms with Gasteiger partial charge in [-0.25, -0.2) is 9.50 Å². The molecule has 0 spiro atoms. The number of morpholine rings is 1. The van der Waals surface area contributed by atoms with Crippen LogP contribution in [0.4, 0.5) is 5.69 Å². The van der Waals surface area contributed by atoms with Gasteiger partial charge in [0, 0.05) is 43.9 Å². The average molecular weight is 464 g/mol. The summed E-state index contributed by atoms with van der Waals surface area (Å²) in [5.41, 5.74) is 3.55. The Bertz CT molecular complexity index is 1280. The van der Waals surface area contributed by atoms with E-state index in [-0.39, 0.29) is 6.10 Å². The van der Waals surface area contributed by atoms with Crippen molar-refractivity contribution >= 4 is 22.3 Å². The van der Waals surface area contributed by atoms with Crippen molar-refractivity contribution in [3.8, 4) is 17.3 Å². The van der Waals surface area contributed by atoms with Gasteiger partial charge in [-0.1, -0.05) is 6.07 Å². The first-order valence-corrected chi connectivity index (χ1v) is 11.9. The van der Waals surface area contributed by atoms with Crippen LogP contribution in [-0.2, 0) is 9.47 Å². The maximum Gasteiger partial charge on any atom is 0.231 e. The lowest BCUT2D eigenvalue weighted by molar-refractivity contribution is -0.000968. The van der Waals surface area contributed by atoms with Crippen molar-refractivity contribution in [3.05, 3.63) is 42.6 Å². The predicted octanol–water partition coefficient (Wildman–Crippen LogP) is 3.12. The summed E-state index contributed by atoms with van der Waals surface area (Å²) in [4.78, 5) is 6.95. The maximum absolute atomic E-state index is 6.28. The number of aromatic nitrogens is 3. The van der Waals surface area contributed by atoms with Crippen LogP contribution in [0.5, 0.6) is 5.88 Å². The van der Waals surface area contributed by atoms with Crippen molar-refractivity contribution in [3.63, 3.8) is 0 Å². The average Bonchev–Trinajstić information content (AvgIpc) is 3.61. The lowest BCUT2D eigenvalue weighted by Crippen LogP contribution is -2.41. The van der Waals surface area contributed by atoms with E-state index >= 15 is 0 Å². The number of imidazole rings is 1. The number of nitrogens with zero attached hydrogens (tertiary/aromatic N) is 4. The quantitative estimate of drug-likeness (QED) is 0.447. The number of anilines is 1. The third-order valence-electron chi connectivity index (χ3n) is 6.60. The van der Waals surface area contributed by atoms with Crippen LogP contribution in [0.25, 0.3) is 28.1 Å². The molecule has 34 heavy (non-hydrogen) atoms. The molecule has 178 valence electrons. The lowest BCUT2D eigenvalue weighted by Gasteiger charge is -2.26. The summed E-state index contributed by atoms with van der Waals surface area (Å²) in [6.07, 6.45) is 4.12. The smallest absolute Gasteiger partial charge is 0.231 e. The van der Waals surface area contributed by atoms with Gasteiger partial charge in [0.15, 0.2) is 11.4 Å². The Hall–Kier alpha value is -3.14. The second-order valence-electron chi connectivity index (χ2n) is 8.84. The molecule has 0 radical (unpaired) electrons. The lowest BCUT2D eigenvalue weighted by atomic mass is 10.1. The SMILES string of the molecule is COCC1CCCN1c1cccc2oc(-c3cnc4ccc(OCC5CNCCO5)nn34)cc12. The molecule has 3 aromatic heterocycles. The van der Waals surface area contributed by atoms with Crippen LogP contribution in [0, 0.1) is 0 Å². The first-order chi connectivity index (χ1) is 16.8. The van der Waals surface area contributed by atoms with Crippen molar-refractivity contribution in [2.45, 2.75) is 25.0 Å². The molecule has 0 bridgehead atoms. The fourth-order valence-corrected chi connectivity index (χ4v) is 4.95. The van der Waals surface area contributed by atoms with Gasteiger partial charge in [0.25, 0.3) is 0 Å². The summed E-state index contributed by atoms with van der Waals surface area (Å²) in [7, 11) is 1.77.